The van der Waals surface area contributed by atoms with Gasteiger partial charge in [0.15, 0.2) is 24.3 Å². The summed E-state index contributed by atoms with van der Waals surface area (Å²) in [5.74, 6) is 1.51. The van der Waals surface area contributed by atoms with Gasteiger partial charge in [0.2, 0.25) is 0 Å². The van der Waals surface area contributed by atoms with Crippen LogP contribution in [0.3, 0.4) is 0 Å². The standard InChI is InChI=1S/C47H30N2O2/c1-3-9-36(10-4-1)47(37-11-5-2-6-12-37)42-25-35(31-15-19-33(20-16-31)44-27-48-29-50-44)23-24-40(42)46-39-14-8-7-13-38(39)41(26-43(46)47)32-17-21-34(22-18-32)45-28-49-30-51-45/h1-30H. The summed E-state index contributed by atoms with van der Waals surface area (Å²) in [4.78, 5) is 8.22. The minimum absolute atomic E-state index is 0.568. The molecule has 0 unspecified atom stereocenters. The quantitative estimate of drug-likeness (QED) is 0.179. The number of benzene rings is 7. The molecule has 0 N–H and O–H groups in total. The molecule has 240 valence electrons. The molecule has 0 saturated heterocycles. The van der Waals surface area contributed by atoms with Crippen LogP contribution in [0.5, 0.6) is 0 Å². The summed E-state index contributed by atoms with van der Waals surface area (Å²) in [6.45, 7) is 0. The van der Waals surface area contributed by atoms with Gasteiger partial charge < -0.3 is 8.83 Å². The zero-order valence-electron chi connectivity index (χ0n) is 27.5. The van der Waals surface area contributed by atoms with Crippen LogP contribution in [0.4, 0.5) is 0 Å². The highest BCUT2D eigenvalue weighted by Gasteiger charge is 2.47. The lowest BCUT2D eigenvalue weighted by Gasteiger charge is -2.34. The van der Waals surface area contributed by atoms with E-state index in [1.54, 1.807) is 12.4 Å². The van der Waals surface area contributed by atoms with Crippen molar-refractivity contribution in [2.75, 3.05) is 0 Å². The number of aromatic nitrogens is 2. The van der Waals surface area contributed by atoms with Gasteiger partial charge in [0, 0.05) is 11.1 Å². The summed E-state index contributed by atoms with van der Waals surface area (Å²) >= 11 is 0. The van der Waals surface area contributed by atoms with Crippen molar-refractivity contribution in [2.45, 2.75) is 5.41 Å². The molecule has 4 heteroatoms. The first-order chi connectivity index (χ1) is 25.3. The zero-order valence-corrected chi connectivity index (χ0v) is 27.5. The summed E-state index contributed by atoms with van der Waals surface area (Å²) in [6, 6.07) is 57.5. The molecular weight excluding hydrogens is 625 g/mol. The molecule has 9 aromatic rings. The number of rotatable bonds is 6. The molecule has 1 aliphatic rings. The van der Waals surface area contributed by atoms with Crippen LogP contribution in [-0.2, 0) is 5.41 Å². The number of nitrogens with zero attached hydrogens (tertiary/aromatic N) is 2. The van der Waals surface area contributed by atoms with Gasteiger partial charge in [-0.3, -0.25) is 0 Å². The second-order valence-corrected chi connectivity index (χ2v) is 13.0. The maximum Gasteiger partial charge on any atom is 0.181 e. The minimum atomic E-state index is -0.568. The topological polar surface area (TPSA) is 52.1 Å². The van der Waals surface area contributed by atoms with Crippen LogP contribution in [0.2, 0.25) is 0 Å². The average Bonchev–Trinajstić information content (AvgIpc) is 4.00. The van der Waals surface area contributed by atoms with Crippen LogP contribution in [0.1, 0.15) is 22.3 Å². The molecule has 1 aliphatic carbocycles. The Morgan fingerprint density at radius 1 is 0.392 bits per heavy atom. The third-order valence-corrected chi connectivity index (χ3v) is 10.4. The first-order valence-electron chi connectivity index (χ1n) is 17.1. The molecule has 4 nitrogen and oxygen atoms in total. The van der Waals surface area contributed by atoms with Gasteiger partial charge in [-0.25, -0.2) is 9.97 Å². The molecule has 2 aromatic heterocycles. The van der Waals surface area contributed by atoms with E-state index >= 15 is 0 Å². The number of fused-ring (bicyclic) bond motifs is 5. The van der Waals surface area contributed by atoms with Gasteiger partial charge in [0.25, 0.3) is 0 Å². The van der Waals surface area contributed by atoms with E-state index in [2.05, 4.69) is 168 Å². The maximum atomic E-state index is 5.60. The molecule has 7 aromatic carbocycles. The molecular formula is C47H30N2O2. The highest BCUT2D eigenvalue weighted by atomic mass is 16.3. The summed E-state index contributed by atoms with van der Waals surface area (Å²) in [5.41, 5.74) is 13.6. The molecule has 0 amide bonds. The predicted octanol–water partition coefficient (Wildman–Crippen LogP) is 11.8. The van der Waals surface area contributed by atoms with Crippen molar-refractivity contribution in [3.63, 3.8) is 0 Å². The number of oxazole rings is 2. The Bertz CT molecular complexity index is 2600. The van der Waals surface area contributed by atoms with Crippen molar-refractivity contribution in [2.24, 2.45) is 0 Å². The van der Waals surface area contributed by atoms with Crippen LogP contribution in [0, 0.1) is 0 Å². The SMILES string of the molecule is c1ccc(C2(c3ccccc3)c3cc(-c4ccc(-c5cnco5)cc4)ccc3-c3c2cc(-c2ccc(-c4cnco4)cc2)c2ccccc32)cc1. The monoisotopic (exact) mass is 654 g/mol. The average molecular weight is 655 g/mol. The first-order valence-corrected chi connectivity index (χ1v) is 17.1. The van der Waals surface area contributed by atoms with Crippen LogP contribution < -0.4 is 0 Å². The summed E-state index contributed by atoms with van der Waals surface area (Å²) in [5, 5.41) is 2.46. The zero-order chi connectivity index (χ0) is 33.8. The van der Waals surface area contributed by atoms with E-state index in [0.29, 0.717) is 0 Å². The van der Waals surface area contributed by atoms with Crippen molar-refractivity contribution >= 4 is 10.8 Å². The molecule has 0 atom stereocenters. The van der Waals surface area contributed by atoms with E-state index in [4.69, 9.17) is 8.83 Å². The van der Waals surface area contributed by atoms with Gasteiger partial charge in [0.05, 0.1) is 17.8 Å². The second-order valence-electron chi connectivity index (χ2n) is 13.0. The normalized spacial score (nSPS) is 12.9. The summed E-state index contributed by atoms with van der Waals surface area (Å²) < 4.78 is 11.2. The van der Waals surface area contributed by atoms with E-state index < -0.39 is 5.41 Å². The number of hydrogen-bond acceptors (Lipinski definition) is 4. The smallest absolute Gasteiger partial charge is 0.181 e. The van der Waals surface area contributed by atoms with Crippen LogP contribution in [-0.4, -0.2) is 9.97 Å². The lowest BCUT2D eigenvalue weighted by molar-refractivity contribution is 0.571. The van der Waals surface area contributed by atoms with Crippen molar-refractivity contribution < 1.29 is 8.83 Å². The molecule has 0 radical (unpaired) electrons. The minimum Gasteiger partial charge on any atom is -0.444 e. The van der Waals surface area contributed by atoms with Crippen molar-refractivity contribution in [1.29, 1.82) is 0 Å². The van der Waals surface area contributed by atoms with Gasteiger partial charge in [-0.2, -0.15) is 0 Å². The fourth-order valence-corrected chi connectivity index (χ4v) is 8.12. The molecule has 51 heavy (non-hydrogen) atoms. The lowest BCUT2D eigenvalue weighted by atomic mass is 9.67. The van der Waals surface area contributed by atoms with Crippen molar-refractivity contribution in [3.8, 4) is 56.0 Å². The Morgan fingerprint density at radius 2 is 0.902 bits per heavy atom. The van der Waals surface area contributed by atoms with Gasteiger partial charge in [0.1, 0.15) is 0 Å². The van der Waals surface area contributed by atoms with Crippen molar-refractivity contribution in [1.82, 2.24) is 9.97 Å². The van der Waals surface area contributed by atoms with E-state index in [9.17, 15) is 0 Å². The van der Waals surface area contributed by atoms with Gasteiger partial charge in [-0.15, -0.1) is 0 Å². The van der Waals surface area contributed by atoms with Gasteiger partial charge in [-0.05, 0) is 78.5 Å². The van der Waals surface area contributed by atoms with Crippen molar-refractivity contribution in [3.05, 3.63) is 205 Å². The van der Waals surface area contributed by atoms with E-state index in [0.717, 1.165) is 39.3 Å². The Morgan fingerprint density at radius 3 is 1.47 bits per heavy atom. The highest BCUT2D eigenvalue weighted by molar-refractivity contribution is 6.10. The third kappa shape index (κ3) is 4.54. The molecule has 0 aliphatic heterocycles. The van der Waals surface area contributed by atoms with E-state index in [1.165, 1.54) is 62.5 Å². The van der Waals surface area contributed by atoms with Gasteiger partial charge in [-0.1, -0.05) is 146 Å². The van der Waals surface area contributed by atoms with Crippen LogP contribution in [0.25, 0.3) is 66.8 Å². The first kappa shape index (κ1) is 29.2. The van der Waals surface area contributed by atoms with Gasteiger partial charge >= 0.3 is 0 Å². The Labute approximate surface area is 295 Å². The Balaban J connectivity index is 1.25. The lowest BCUT2D eigenvalue weighted by Crippen LogP contribution is -2.28. The predicted molar refractivity (Wildman–Crippen MR) is 203 cm³/mol. The largest absolute Gasteiger partial charge is 0.444 e. The highest BCUT2D eigenvalue weighted by Crippen LogP contribution is 2.59. The molecule has 2 heterocycles. The molecule has 0 spiro atoms. The Kier molecular flexibility index (Phi) is 6.68. The van der Waals surface area contributed by atoms with Crippen LogP contribution >= 0.6 is 0 Å². The summed E-state index contributed by atoms with van der Waals surface area (Å²) in [7, 11) is 0. The van der Waals surface area contributed by atoms with E-state index in [1.807, 2.05) is 0 Å². The molecule has 0 saturated carbocycles. The van der Waals surface area contributed by atoms with E-state index in [-0.39, 0.29) is 0 Å². The number of hydrogen-bond donors (Lipinski definition) is 0. The van der Waals surface area contributed by atoms with Crippen LogP contribution in [0.15, 0.2) is 192 Å². The molecule has 0 bridgehead atoms. The molecule has 10 rings (SSSR count). The third-order valence-electron chi connectivity index (χ3n) is 10.4. The second kappa shape index (κ2) is 11.7. The molecule has 0 fully saturated rings. The maximum absolute atomic E-state index is 5.60. The summed E-state index contributed by atoms with van der Waals surface area (Å²) in [6.07, 6.45) is 6.45. The Hall–Kier alpha value is -6.78. The fraction of sp³-hybridized carbons (Fsp3) is 0.0213. The fourth-order valence-electron chi connectivity index (χ4n) is 8.12.